The zero-order chi connectivity index (χ0) is 28.1. The van der Waals surface area contributed by atoms with Gasteiger partial charge >= 0.3 is 0 Å². The van der Waals surface area contributed by atoms with E-state index in [0.717, 1.165) is 25.7 Å². The predicted molar refractivity (Wildman–Crippen MR) is 142 cm³/mol. The van der Waals surface area contributed by atoms with Gasteiger partial charge in [0.15, 0.2) is 17.5 Å². The van der Waals surface area contributed by atoms with E-state index in [9.17, 15) is 9.59 Å². The van der Waals surface area contributed by atoms with Crippen molar-refractivity contribution in [1.82, 2.24) is 30.4 Å². The highest BCUT2D eigenvalue weighted by Crippen LogP contribution is 2.31. The van der Waals surface area contributed by atoms with E-state index in [1.807, 2.05) is 0 Å². The van der Waals surface area contributed by atoms with E-state index in [-0.39, 0.29) is 25.0 Å². The lowest BCUT2D eigenvalue weighted by atomic mass is 10.1. The summed E-state index contributed by atoms with van der Waals surface area (Å²) >= 11 is 0. The van der Waals surface area contributed by atoms with Crippen molar-refractivity contribution in [2.75, 3.05) is 14.2 Å². The van der Waals surface area contributed by atoms with Gasteiger partial charge in [0.05, 0.1) is 27.0 Å². The Bertz CT molecular complexity index is 1440. The fourth-order valence-electron chi connectivity index (χ4n) is 4.88. The molecule has 0 radical (unpaired) electrons. The Hall–Kier alpha value is -4.61. The van der Waals surface area contributed by atoms with Gasteiger partial charge in [0.2, 0.25) is 11.7 Å². The molecule has 0 aliphatic heterocycles. The third-order valence-corrected chi connectivity index (χ3v) is 6.89. The molecule has 3 heterocycles. The summed E-state index contributed by atoms with van der Waals surface area (Å²) in [5.41, 5.74) is 0.642. The normalized spacial score (nSPS) is 14.2. The number of methoxy groups -OCH3 is 2. The number of aromatic nitrogens is 4. The molecule has 1 aromatic carbocycles. The summed E-state index contributed by atoms with van der Waals surface area (Å²) in [5, 5.41) is 15.7. The van der Waals surface area contributed by atoms with Gasteiger partial charge in [0.25, 0.3) is 5.91 Å². The number of furan rings is 2. The molecule has 1 atom stereocenters. The smallest absolute Gasteiger partial charge is 0.250 e. The highest BCUT2D eigenvalue weighted by atomic mass is 16.5. The first kappa shape index (κ1) is 27.0. The van der Waals surface area contributed by atoms with Gasteiger partial charge in [-0.3, -0.25) is 9.59 Å². The van der Waals surface area contributed by atoms with Gasteiger partial charge in [-0.15, -0.1) is 10.2 Å². The van der Waals surface area contributed by atoms with Crippen molar-refractivity contribution in [3.05, 3.63) is 66.0 Å². The van der Waals surface area contributed by atoms with E-state index in [0.29, 0.717) is 40.2 Å². The zero-order valence-corrected chi connectivity index (χ0v) is 22.7. The first-order valence-electron chi connectivity index (χ1n) is 13.1. The van der Waals surface area contributed by atoms with Crippen LogP contribution in [0.1, 0.15) is 49.0 Å². The quantitative estimate of drug-likeness (QED) is 0.297. The number of ether oxygens (including phenoxy) is 2. The molecule has 3 aromatic heterocycles. The van der Waals surface area contributed by atoms with Crippen LogP contribution in [-0.4, -0.2) is 57.2 Å². The second kappa shape index (κ2) is 12.1. The fourth-order valence-corrected chi connectivity index (χ4v) is 4.88. The molecule has 5 rings (SSSR count). The van der Waals surface area contributed by atoms with Crippen molar-refractivity contribution in [3.8, 4) is 22.9 Å². The Labute approximate surface area is 231 Å². The third-order valence-electron chi connectivity index (χ3n) is 6.89. The molecule has 12 nitrogen and oxygen atoms in total. The molecule has 0 saturated heterocycles. The minimum atomic E-state index is -1.01. The number of aryl methyl sites for hydroxylation is 1. The van der Waals surface area contributed by atoms with Crippen molar-refractivity contribution in [2.24, 2.45) is 0 Å². The van der Waals surface area contributed by atoms with Crippen LogP contribution in [-0.2, 0) is 22.7 Å². The number of carbonyl (C=O) groups excluding carboxylic acids is 2. The van der Waals surface area contributed by atoms with Crippen LogP contribution in [0.15, 0.2) is 57.6 Å². The minimum Gasteiger partial charge on any atom is -0.493 e. The van der Waals surface area contributed by atoms with Gasteiger partial charge in [-0.05, 0) is 67.4 Å². The number of hydrogen-bond donors (Lipinski definition) is 1. The summed E-state index contributed by atoms with van der Waals surface area (Å²) in [6.45, 7) is 1.59. The number of tetrazole rings is 1. The molecule has 1 aliphatic carbocycles. The Morgan fingerprint density at radius 1 is 1.12 bits per heavy atom. The average molecular weight is 549 g/mol. The second-order valence-corrected chi connectivity index (χ2v) is 9.66. The predicted octanol–water partition coefficient (Wildman–Crippen LogP) is 3.68. The second-order valence-electron chi connectivity index (χ2n) is 9.66. The number of amides is 2. The van der Waals surface area contributed by atoms with Gasteiger partial charge in [-0.1, -0.05) is 12.8 Å². The molecule has 1 aliphatic rings. The maximum atomic E-state index is 13.8. The molecular weight excluding hydrogens is 516 g/mol. The van der Waals surface area contributed by atoms with Gasteiger partial charge in [0.1, 0.15) is 23.8 Å². The molecule has 2 amide bonds. The van der Waals surface area contributed by atoms with Crippen molar-refractivity contribution >= 4 is 11.8 Å². The van der Waals surface area contributed by atoms with Crippen LogP contribution in [0.4, 0.5) is 0 Å². The standard InChI is InChI=1S/C28H32N6O6/c1-18-10-12-23(40-18)26(28(36)29-20-7-4-5-8-20)33(16-21-9-6-14-39-21)25(35)17-34-31-27(30-32-34)19-11-13-22(37-2)24(15-19)38-3/h6,9-15,20,26H,4-5,7-8,16-17H2,1-3H3,(H,29,36). The lowest BCUT2D eigenvalue weighted by Crippen LogP contribution is -2.46. The van der Waals surface area contributed by atoms with E-state index < -0.39 is 11.9 Å². The first-order chi connectivity index (χ1) is 19.4. The number of nitrogens with one attached hydrogen (secondary N) is 1. The highest BCUT2D eigenvalue weighted by Gasteiger charge is 2.36. The van der Waals surface area contributed by atoms with Crippen LogP contribution >= 0.6 is 0 Å². The zero-order valence-electron chi connectivity index (χ0n) is 22.7. The fraction of sp³-hybridized carbons (Fsp3) is 0.393. The summed E-state index contributed by atoms with van der Waals surface area (Å²) in [6, 6.07) is 11.3. The Morgan fingerprint density at radius 3 is 2.60 bits per heavy atom. The molecule has 1 saturated carbocycles. The SMILES string of the molecule is COc1ccc(-c2nnn(CC(=O)N(Cc3ccco3)C(C(=O)NC3CCCC3)c3ccc(C)o3)n2)cc1OC. The van der Waals surface area contributed by atoms with Crippen molar-refractivity contribution < 1.29 is 27.9 Å². The number of nitrogens with zero attached hydrogens (tertiary/aromatic N) is 5. The molecule has 0 spiro atoms. The first-order valence-corrected chi connectivity index (χ1v) is 13.1. The highest BCUT2D eigenvalue weighted by molar-refractivity contribution is 5.88. The topological polar surface area (TPSA) is 138 Å². The molecule has 0 bridgehead atoms. The summed E-state index contributed by atoms with van der Waals surface area (Å²) in [5.74, 6) is 2.20. The third kappa shape index (κ3) is 6.00. The molecule has 40 heavy (non-hydrogen) atoms. The monoisotopic (exact) mass is 548 g/mol. The van der Waals surface area contributed by atoms with Crippen LogP contribution in [0, 0.1) is 6.92 Å². The molecule has 210 valence electrons. The molecular formula is C28H32N6O6. The Kier molecular flexibility index (Phi) is 8.13. The van der Waals surface area contributed by atoms with E-state index in [1.165, 1.54) is 23.1 Å². The summed E-state index contributed by atoms with van der Waals surface area (Å²) in [6.07, 6.45) is 5.46. The molecule has 12 heteroatoms. The number of hydrogen-bond acceptors (Lipinski definition) is 9. The van der Waals surface area contributed by atoms with Gasteiger partial charge in [0, 0.05) is 11.6 Å². The average Bonchev–Trinajstić information content (AvgIpc) is 3.77. The molecule has 1 unspecified atom stereocenters. The van der Waals surface area contributed by atoms with Crippen molar-refractivity contribution in [1.29, 1.82) is 0 Å². The maximum Gasteiger partial charge on any atom is 0.250 e. The summed E-state index contributed by atoms with van der Waals surface area (Å²) in [7, 11) is 3.09. The minimum absolute atomic E-state index is 0.0472. The number of rotatable bonds is 11. The summed E-state index contributed by atoms with van der Waals surface area (Å²) < 4.78 is 22.1. The van der Waals surface area contributed by atoms with E-state index in [2.05, 4.69) is 20.7 Å². The van der Waals surface area contributed by atoms with E-state index in [4.69, 9.17) is 18.3 Å². The van der Waals surface area contributed by atoms with Crippen LogP contribution in [0.25, 0.3) is 11.4 Å². The van der Waals surface area contributed by atoms with Crippen molar-refractivity contribution in [3.63, 3.8) is 0 Å². The lowest BCUT2D eigenvalue weighted by Gasteiger charge is -2.30. The van der Waals surface area contributed by atoms with E-state index in [1.54, 1.807) is 56.5 Å². The van der Waals surface area contributed by atoms with Crippen LogP contribution in [0.5, 0.6) is 11.5 Å². The number of carbonyl (C=O) groups is 2. The molecule has 1 N–H and O–H groups in total. The molecule has 1 fully saturated rings. The van der Waals surface area contributed by atoms with E-state index >= 15 is 0 Å². The van der Waals surface area contributed by atoms with Crippen LogP contribution in [0.3, 0.4) is 0 Å². The van der Waals surface area contributed by atoms with Crippen LogP contribution in [0.2, 0.25) is 0 Å². The van der Waals surface area contributed by atoms with Crippen molar-refractivity contribution in [2.45, 2.75) is 57.8 Å². The maximum absolute atomic E-state index is 13.8. The number of benzene rings is 1. The summed E-state index contributed by atoms with van der Waals surface area (Å²) in [4.78, 5) is 30.1. The van der Waals surface area contributed by atoms with Gasteiger partial charge in [-0.2, -0.15) is 4.80 Å². The van der Waals surface area contributed by atoms with Crippen LogP contribution < -0.4 is 14.8 Å². The Balaban J connectivity index is 1.42. The van der Waals surface area contributed by atoms with Gasteiger partial charge < -0.3 is 28.5 Å². The largest absolute Gasteiger partial charge is 0.493 e. The van der Waals surface area contributed by atoms with Gasteiger partial charge in [-0.25, -0.2) is 0 Å². The molecule has 4 aromatic rings. The Morgan fingerprint density at radius 2 is 1.93 bits per heavy atom. The lowest BCUT2D eigenvalue weighted by molar-refractivity contribution is -0.143.